The van der Waals surface area contributed by atoms with Crippen molar-refractivity contribution < 1.29 is 4.79 Å². The van der Waals surface area contributed by atoms with Gasteiger partial charge in [0.25, 0.3) is 0 Å². The molecule has 0 bridgehead atoms. The van der Waals surface area contributed by atoms with Gasteiger partial charge >= 0.3 is 0 Å². The van der Waals surface area contributed by atoms with Gasteiger partial charge in [-0.2, -0.15) is 0 Å². The number of rotatable bonds is 3. The zero-order chi connectivity index (χ0) is 13.8. The third-order valence-electron chi connectivity index (χ3n) is 3.89. The predicted molar refractivity (Wildman–Crippen MR) is 79.9 cm³/mol. The molecule has 0 saturated carbocycles. The van der Waals surface area contributed by atoms with Crippen LogP contribution < -0.4 is 9.80 Å². The first kappa shape index (κ1) is 13.9. The molecule has 104 valence electrons. The van der Waals surface area contributed by atoms with Crippen molar-refractivity contribution >= 4 is 17.3 Å². The average Bonchev–Trinajstić information content (AvgIpc) is 2.46. The number of carbonyl (C=O) groups excluding carboxylic acids is 1. The first-order chi connectivity index (χ1) is 9.11. The van der Waals surface area contributed by atoms with Crippen LogP contribution in [-0.4, -0.2) is 50.6 Å². The Morgan fingerprint density at radius 1 is 1.16 bits per heavy atom. The number of piperazine rings is 1. The first-order valence-corrected chi connectivity index (χ1v) is 6.93. The van der Waals surface area contributed by atoms with Gasteiger partial charge in [0.2, 0.25) is 5.91 Å². The third-order valence-corrected chi connectivity index (χ3v) is 3.89. The van der Waals surface area contributed by atoms with Gasteiger partial charge in [-0.1, -0.05) is 6.92 Å². The summed E-state index contributed by atoms with van der Waals surface area (Å²) < 4.78 is 0. The molecule has 2 rings (SSSR count). The molecule has 1 heterocycles. The van der Waals surface area contributed by atoms with Crippen molar-refractivity contribution in [2.45, 2.75) is 13.8 Å². The van der Waals surface area contributed by atoms with E-state index in [2.05, 4.69) is 28.9 Å². The molecule has 1 amide bonds. The van der Waals surface area contributed by atoms with Crippen LogP contribution in [0.4, 0.5) is 11.4 Å². The minimum absolute atomic E-state index is 0.0595. The zero-order valence-electron chi connectivity index (χ0n) is 12.1. The van der Waals surface area contributed by atoms with Crippen LogP contribution in [0.15, 0.2) is 24.3 Å². The molecular formula is C15H23N3O. The van der Waals surface area contributed by atoms with Gasteiger partial charge in [-0.05, 0) is 30.8 Å². The first-order valence-electron chi connectivity index (χ1n) is 6.93. The van der Waals surface area contributed by atoms with E-state index in [4.69, 9.17) is 0 Å². The molecule has 0 spiro atoms. The van der Waals surface area contributed by atoms with Gasteiger partial charge in [0.05, 0.1) is 0 Å². The zero-order valence-corrected chi connectivity index (χ0v) is 12.1. The Kier molecular flexibility index (Phi) is 4.43. The summed E-state index contributed by atoms with van der Waals surface area (Å²) in [7, 11) is 1.80. The summed E-state index contributed by atoms with van der Waals surface area (Å²) in [6, 6.07) is 8.25. The second-order valence-corrected chi connectivity index (χ2v) is 5.02. The number of amides is 1. The van der Waals surface area contributed by atoms with Crippen molar-refractivity contribution in [1.82, 2.24) is 4.90 Å². The van der Waals surface area contributed by atoms with Crippen LogP contribution in [0.2, 0.25) is 0 Å². The van der Waals surface area contributed by atoms with Crippen LogP contribution in [0.3, 0.4) is 0 Å². The number of anilines is 2. The summed E-state index contributed by atoms with van der Waals surface area (Å²) in [5, 5.41) is 0. The van der Waals surface area contributed by atoms with Crippen LogP contribution in [-0.2, 0) is 4.79 Å². The number of benzene rings is 1. The van der Waals surface area contributed by atoms with Crippen LogP contribution in [0.25, 0.3) is 0 Å². The van der Waals surface area contributed by atoms with Gasteiger partial charge < -0.3 is 14.7 Å². The van der Waals surface area contributed by atoms with Crippen molar-refractivity contribution in [3.63, 3.8) is 0 Å². The maximum Gasteiger partial charge on any atom is 0.223 e. The fourth-order valence-corrected chi connectivity index (χ4v) is 2.39. The van der Waals surface area contributed by atoms with Crippen molar-refractivity contribution in [2.75, 3.05) is 49.6 Å². The second-order valence-electron chi connectivity index (χ2n) is 5.02. The summed E-state index contributed by atoms with van der Waals surface area (Å²) in [5.74, 6) is 0.0595. The summed E-state index contributed by atoms with van der Waals surface area (Å²) >= 11 is 0. The molecule has 4 heteroatoms. The van der Waals surface area contributed by atoms with E-state index in [0.717, 1.165) is 38.4 Å². The molecule has 1 saturated heterocycles. The predicted octanol–water partition coefficient (Wildman–Crippen LogP) is 1.81. The highest BCUT2D eigenvalue weighted by Crippen LogP contribution is 2.21. The van der Waals surface area contributed by atoms with E-state index in [0.29, 0.717) is 0 Å². The molecule has 1 aromatic carbocycles. The number of likely N-dealkylation sites (N-methyl/N-ethyl adjacent to an activating group) is 1. The topological polar surface area (TPSA) is 26.8 Å². The van der Waals surface area contributed by atoms with Crippen molar-refractivity contribution in [1.29, 1.82) is 0 Å². The van der Waals surface area contributed by atoms with Gasteiger partial charge in [-0.3, -0.25) is 4.79 Å². The van der Waals surface area contributed by atoms with Gasteiger partial charge in [0, 0.05) is 51.5 Å². The standard InChI is InChI=1S/C15H23N3O/c1-4-17-9-11-18(12-10-17)15-7-5-14(6-8-15)16(3)13(2)19/h5-8H,4,9-12H2,1-3H3. The Bertz CT molecular complexity index is 422. The van der Waals surface area contributed by atoms with Crippen molar-refractivity contribution in [2.24, 2.45) is 0 Å². The lowest BCUT2D eigenvalue weighted by Gasteiger charge is -2.35. The van der Waals surface area contributed by atoms with Gasteiger partial charge in [0.1, 0.15) is 0 Å². The molecule has 0 radical (unpaired) electrons. The molecule has 1 aromatic rings. The summed E-state index contributed by atoms with van der Waals surface area (Å²) in [6.07, 6.45) is 0. The fraction of sp³-hybridized carbons (Fsp3) is 0.533. The maximum atomic E-state index is 11.3. The van der Waals surface area contributed by atoms with E-state index in [9.17, 15) is 4.79 Å². The molecular weight excluding hydrogens is 238 g/mol. The normalized spacial score (nSPS) is 16.5. The highest BCUT2D eigenvalue weighted by molar-refractivity contribution is 5.91. The largest absolute Gasteiger partial charge is 0.369 e. The second kappa shape index (κ2) is 6.06. The molecule has 4 nitrogen and oxygen atoms in total. The minimum Gasteiger partial charge on any atom is -0.369 e. The Hall–Kier alpha value is -1.55. The minimum atomic E-state index is 0.0595. The van der Waals surface area contributed by atoms with E-state index in [1.807, 2.05) is 12.1 Å². The Morgan fingerprint density at radius 2 is 1.74 bits per heavy atom. The monoisotopic (exact) mass is 261 g/mol. The van der Waals surface area contributed by atoms with E-state index in [1.165, 1.54) is 5.69 Å². The molecule has 0 atom stereocenters. The summed E-state index contributed by atoms with van der Waals surface area (Å²) in [4.78, 5) is 17.8. The van der Waals surface area contributed by atoms with Crippen LogP contribution in [0, 0.1) is 0 Å². The van der Waals surface area contributed by atoms with Gasteiger partial charge in [-0.15, -0.1) is 0 Å². The van der Waals surface area contributed by atoms with Gasteiger partial charge in [-0.25, -0.2) is 0 Å². The van der Waals surface area contributed by atoms with Crippen LogP contribution >= 0.6 is 0 Å². The van der Waals surface area contributed by atoms with E-state index >= 15 is 0 Å². The van der Waals surface area contributed by atoms with Crippen molar-refractivity contribution in [3.05, 3.63) is 24.3 Å². The van der Waals surface area contributed by atoms with E-state index in [1.54, 1.807) is 18.9 Å². The summed E-state index contributed by atoms with van der Waals surface area (Å²) in [5.41, 5.74) is 2.19. The lowest BCUT2D eigenvalue weighted by molar-refractivity contribution is -0.116. The van der Waals surface area contributed by atoms with Crippen molar-refractivity contribution in [3.8, 4) is 0 Å². The fourth-order valence-electron chi connectivity index (χ4n) is 2.39. The highest BCUT2D eigenvalue weighted by Gasteiger charge is 2.16. The molecule has 1 aliphatic rings. The SMILES string of the molecule is CCN1CCN(c2ccc(N(C)C(C)=O)cc2)CC1. The van der Waals surface area contributed by atoms with Gasteiger partial charge in [0.15, 0.2) is 0 Å². The number of carbonyl (C=O) groups is 1. The Labute approximate surface area is 115 Å². The lowest BCUT2D eigenvalue weighted by Crippen LogP contribution is -2.46. The average molecular weight is 261 g/mol. The lowest BCUT2D eigenvalue weighted by atomic mass is 10.2. The smallest absolute Gasteiger partial charge is 0.223 e. The Morgan fingerprint density at radius 3 is 2.21 bits per heavy atom. The summed E-state index contributed by atoms with van der Waals surface area (Å²) in [6.45, 7) is 9.35. The molecule has 19 heavy (non-hydrogen) atoms. The molecule has 0 N–H and O–H groups in total. The molecule has 0 aliphatic carbocycles. The van der Waals surface area contributed by atoms with E-state index in [-0.39, 0.29) is 5.91 Å². The number of nitrogens with zero attached hydrogens (tertiary/aromatic N) is 3. The third kappa shape index (κ3) is 3.26. The Balaban J connectivity index is 2.01. The molecule has 0 unspecified atom stereocenters. The number of hydrogen-bond donors (Lipinski definition) is 0. The molecule has 1 fully saturated rings. The molecule has 0 aromatic heterocycles. The maximum absolute atomic E-state index is 11.3. The van der Waals surface area contributed by atoms with Crippen LogP contribution in [0.5, 0.6) is 0 Å². The van der Waals surface area contributed by atoms with E-state index < -0.39 is 0 Å². The number of hydrogen-bond acceptors (Lipinski definition) is 3. The quantitative estimate of drug-likeness (QED) is 0.830. The molecule has 1 aliphatic heterocycles. The highest BCUT2D eigenvalue weighted by atomic mass is 16.2. The van der Waals surface area contributed by atoms with Crippen LogP contribution in [0.1, 0.15) is 13.8 Å².